The van der Waals surface area contributed by atoms with Gasteiger partial charge in [0, 0.05) is 17.6 Å². The van der Waals surface area contributed by atoms with E-state index in [1.165, 1.54) is 0 Å². The molecule has 70 valence electrons. The molecule has 0 saturated carbocycles. The molecule has 0 N–H and O–H groups in total. The maximum atomic E-state index is 10.4. The summed E-state index contributed by atoms with van der Waals surface area (Å²) < 4.78 is 0. The molecular weight excluding hydrogens is 223 g/mol. The second kappa shape index (κ2) is 3.54. The number of nitrogens with zero attached hydrogens (tertiary/aromatic N) is 2. The molecule has 0 atom stereocenters. The van der Waals surface area contributed by atoms with Gasteiger partial charge in [0.2, 0.25) is 5.28 Å². The normalized spacial score (nSPS) is 13.7. The molecule has 0 spiro atoms. The molecule has 0 radical (unpaired) electrons. The highest BCUT2D eigenvalue weighted by atomic mass is 35.5. The SMILES string of the molecule is O=C=C1C=Cc2nc(Cl)nc(Cl)c2C1. The largest absolute Gasteiger partial charge is 0.233 e. The predicted octanol–water partition coefficient (Wildman–Crippen LogP) is 2.11. The van der Waals surface area contributed by atoms with E-state index in [-0.39, 0.29) is 10.4 Å². The van der Waals surface area contributed by atoms with Crippen LogP contribution in [0, 0.1) is 0 Å². The van der Waals surface area contributed by atoms with Crippen LogP contribution in [-0.2, 0) is 11.2 Å². The molecule has 1 aliphatic carbocycles. The third-order valence-corrected chi connectivity index (χ3v) is 2.38. The van der Waals surface area contributed by atoms with Gasteiger partial charge in [0.25, 0.3) is 0 Å². The summed E-state index contributed by atoms with van der Waals surface area (Å²) in [4.78, 5) is 18.2. The van der Waals surface area contributed by atoms with E-state index in [9.17, 15) is 4.79 Å². The van der Waals surface area contributed by atoms with E-state index in [1.54, 1.807) is 12.2 Å². The summed E-state index contributed by atoms with van der Waals surface area (Å²) in [5.74, 6) is 1.82. The van der Waals surface area contributed by atoms with Crippen LogP contribution >= 0.6 is 23.2 Å². The molecule has 1 aromatic heterocycles. The highest BCUT2D eigenvalue weighted by Gasteiger charge is 2.15. The van der Waals surface area contributed by atoms with Crippen molar-refractivity contribution in [2.24, 2.45) is 0 Å². The highest BCUT2D eigenvalue weighted by Crippen LogP contribution is 2.26. The number of halogens is 2. The van der Waals surface area contributed by atoms with Crippen LogP contribution in [0.1, 0.15) is 11.3 Å². The lowest BCUT2D eigenvalue weighted by Crippen LogP contribution is -2.03. The number of rotatable bonds is 0. The Balaban J connectivity index is 2.61. The van der Waals surface area contributed by atoms with Crippen molar-refractivity contribution in [3.8, 4) is 0 Å². The second-order valence-electron chi connectivity index (χ2n) is 2.78. The van der Waals surface area contributed by atoms with Gasteiger partial charge in [-0.15, -0.1) is 0 Å². The maximum Gasteiger partial charge on any atom is 0.224 e. The number of carbonyl (C=O) groups excluding carboxylic acids is 1. The fourth-order valence-electron chi connectivity index (χ4n) is 1.25. The first-order valence-corrected chi connectivity index (χ1v) is 4.60. The zero-order chi connectivity index (χ0) is 10.1. The van der Waals surface area contributed by atoms with Crippen molar-refractivity contribution in [3.63, 3.8) is 0 Å². The summed E-state index contributed by atoms with van der Waals surface area (Å²) in [5, 5.41) is 0.397. The van der Waals surface area contributed by atoms with Crippen molar-refractivity contribution < 1.29 is 4.79 Å². The minimum atomic E-state index is 0.108. The van der Waals surface area contributed by atoms with Gasteiger partial charge in [-0.05, 0) is 23.8 Å². The van der Waals surface area contributed by atoms with Crippen LogP contribution in [-0.4, -0.2) is 15.9 Å². The van der Waals surface area contributed by atoms with Crippen LogP contribution < -0.4 is 0 Å². The molecule has 3 nitrogen and oxygen atoms in total. The predicted molar refractivity (Wildman–Crippen MR) is 54.0 cm³/mol. The van der Waals surface area contributed by atoms with Gasteiger partial charge < -0.3 is 0 Å². The highest BCUT2D eigenvalue weighted by molar-refractivity contribution is 6.32. The Morgan fingerprint density at radius 3 is 2.79 bits per heavy atom. The van der Waals surface area contributed by atoms with Gasteiger partial charge in [-0.25, -0.2) is 14.8 Å². The third-order valence-electron chi connectivity index (χ3n) is 1.90. The molecule has 1 aromatic rings. The van der Waals surface area contributed by atoms with Crippen LogP contribution in [0.3, 0.4) is 0 Å². The Hall–Kier alpha value is -1.15. The van der Waals surface area contributed by atoms with Gasteiger partial charge in [-0.1, -0.05) is 11.6 Å². The van der Waals surface area contributed by atoms with Gasteiger partial charge in [0.15, 0.2) is 0 Å². The van der Waals surface area contributed by atoms with Gasteiger partial charge in [0.1, 0.15) is 11.1 Å². The number of hydrogen-bond acceptors (Lipinski definition) is 3. The Morgan fingerprint density at radius 1 is 1.29 bits per heavy atom. The van der Waals surface area contributed by atoms with Crippen molar-refractivity contribution in [2.75, 3.05) is 0 Å². The minimum absolute atomic E-state index is 0.108. The van der Waals surface area contributed by atoms with Crippen LogP contribution in [0.25, 0.3) is 6.08 Å². The summed E-state index contributed by atoms with van der Waals surface area (Å²) in [5.41, 5.74) is 1.91. The molecule has 14 heavy (non-hydrogen) atoms. The zero-order valence-electron chi connectivity index (χ0n) is 6.92. The van der Waals surface area contributed by atoms with E-state index in [0.717, 1.165) is 5.56 Å². The molecule has 2 rings (SSSR count). The van der Waals surface area contributed by atoms with E-state index >= 15 is 0 Å². The number of allylic oxidation sites excluding steroid dienone is 2. The maximum absolute atomic E-state index is 10.4. The molecule has 0 amide bonds. The van der Waals surface area contributed by atoms with Gasteiger partial charge in [-0.2, -0.15) is 0 Å². The van der Waals surface area contributed by atoms with E-state index < -0.39 is 0 Å². The lowest BCUT2D eigenvalue weighted by atomic mass is 10.0. The molecule has 0 bridgehead atoms. The number of hydrogen-bond donors (Lipinski definition) is 0. The smallest absolute Gasteiger partial charge is 0.224 e. The van der Waals surface area contributed by atoms with Gasteiger partial charge >= 0.3 is 0 Å². The quantitative estimate of drug-likeness (QED) is 0.387. The lowest BCUT2D eigenvalue weighted by molar-refractivity contribution is 0.567. The standard InChI is InChI=1S/C9H4Cl2N2O/c10-8-6-3-5(4-14)1-2-7(6)12-9(11)13-8/h1-2H,3H2. The first-order chi connectivity index (χ1) is 6.70. The third kappa shape index (κ3) is 1.58. The summed E-state index contributed by atoms with van der Waals surface area (Å²) in [6.07, 6.45) is 3.73. The molecule has 0 saturated heterocycles. The summed E-state index contributed by atoms with van der Waals surface area (Å²) in [6.45, 7) is 0. The molecule has 0 aliphatic heterocycles. The van der Waals surface area contributed by atoms with Gasteiger partial charge in [-0.3, -0.25) is 0 Å². The summed E-state index contributed by atoms with van der Waals surface area (Å²) >= 11 is 11.5. The Kier molecular flexibility index (Phi) is 2.38. The Morgan fingerprint density at radius 2 is 2.07 bits per heavy atom. The van der Waals surface area contributed by atoms with Crippen LogP contribution in [0.2, 0.25) is 10.4 Å². The fraction of sp³-hybridized carbons (Fsp3) is 0.111. The second-order valence-corrected chi connectivity index (χ2v) is 3.48. The summed E-state index contributed by atoms with van der Waals surface area (Å²) in [6, 6.07) is 0. The van der Waals surface area contributed by atoms with E-state index in [2.05, 4.69) is 9.97 Å². The Bertz CT molecular complexity index is 476. The average molecular weight is 227 g/mol. The molecule has 0 unspecified atom stereocenters. The van der Waals surface area contributed by atoms with Crippen molar-refractivity contribution in [1.82, 2.24) is 9.97 Å². The van der Waals surface area contributed by atoms with Crippen molar-refractivity contribution in [3.05, 3.63) is 33.3 Å². The monoisotopic (exact) mass is 226 g/mol. The van der Waals surface area contributed by atoms with E-state index in [0.29, 0.717) is 17.7 Å². The van der Waals surface area contributed by atoms with Crippen LogP contribution in [0.15, 0.2) is 11.6 Å². The first kappa shape index (κ1) is 9.41. The fourth-order valence-corrected chi connectivity index (χ4v) is 1.71. The van der Waals surface area contributed by atoms with Crippen LogP contribution in [0.4, 0.5) is 0 Å². The topological polar surface area (TPSA) is 42.9 Å². The molecular formula is C9H4Cl2N2O. The average Bonchev–Trinajstić information content (AvgIpc) is 2.17. The molecule has 1 aliphatic rings. The summed E-state index contributed by atoms with van der Waals surface area (Å²) in [7, 11) is 0. The zero-order valence-corrected chi connectivity index (χ0v) is 8.43. The molecule has 1 heterocycles. The minimum Gasteiger partial charge on any atom is -0.233 e. The van der Waals surface area contributed by atoms with Crippen LogP contribution in [0.5, 0.6) is 0 Å². The Labute approximate surface area is 90.1 Å². The van der Waals surface area contributed by atoms with E-state index in [1.807, 2.05) is 5.94 Å². The van der Waals surface area contributed by atoms with E-state index in [4.69, 9.17) is 23.2 Å². The van der Waals surface area contributed by atoms with Crippen molar-refractivity contribution in [2.45, 2.75) is 6.42 Å². The lowest BCUT2D eigenvalue weighted by Gasteiger charge is -2.10. The first-order valence-electron chi connectivity index (χ1n) is 3.84. The molecule has 0 aromatic carbocycles. The number of fused-ring (bicyclic) bond motifs is 1. The number of aromatic nitrogens is 2. The van der Waals surface area contributed by atoms with Gasteiger partial charge in [0.05, 0.1) is 5.69 Å². The van der Waals surface area contributed by atoms with Crippen molar-refractivity contribution >= 4 is 35.2 Å². The van der Waals surface area contributed by atoms with Crippen molar-refractivity contribution in [1.29, 1.82) is 0 Å². The molecule has 0 fully saturated rings. The molecule has 5 heteroatoms.